The first-order valence-corrected chi connectivity index (χ1v) is 23.0. The molecular weight excluding hydrogens is 811 g/mol. The fourth-order valence-corrected chi connectivity index (χ4v) is 11.4. The molecule has 0 fully saturated rings. The van der Waals surface area contributed by atoms with Crippen molar-refractivity contribution in [2.75, 3.05) is 0 Å². The maximum atomic E-state index is 4.99. The minimum atomic E-state index is -0.406. The predicted octanol–water partition coefficient (Wildman–Crippen LogP) is 16.0. The number of fused-ring (bicyclic) bond motifs is 16. The van der Waals surface area contributed by atoms with Crippen molar-refractivity contribution in [2.24, 2.45) is 0 Å². The van der Waals surface area contributed by atoms with E-state index in [9.17, 15) is 0 Å². The zero-order valence-corrected chi connectivity index (χ0v) is 36.4. The Balaban J connectivity index is 0.920. The van der Waals surface area contributed by atoms with Crippen LogP contribution in [0.1, 0.15) is 22.3 Å². The van der Waals surface area contributed by atoms with Crippen LogP contribution in [0.2, 0.25) is 0 Å². The van der Waals surface area contributed by atoms with E-state index in [0.717, 1.165) is 27.8 Å². The highest BCUT2D eigenvalue weighted by Gasteiger charge is 2.51. The average molecular weight is 850 g/mol. The molecule has 0 radical (unpaired) electrons. The second-order valence-corrected chi connectivity index (χ2v) is 17.8. The maximum absolute atomic E-state index is 4.99. The van der Waals surface area contributed by atoms with E-state index in [4.69, 9.17) is 15.0 Å². The Kier molecular flexibility index (Phi) is 8.20. The van der Waals surface area contributed by atoms with Gasteiger partial charge in [-0.3, -0.25) is 0 Å². The summed E-state index contributed by atoms with van der Waals surface area (Å²) in [5, 5.41) is 7.50. The number of rotatable bonds is 5. The summed E-state index contributed by atoms with van der Waals surface area (Å²) in [5.41, 5.74) is 17.9. The van der Waals surface area contributed by atoms with Crippen molar-refractivity contribution in [3.05, 3.63) is 259 Å². The molecule has 0 N–H and O–H groups in total. The smallest absolute Gasteiger partial charge is 0.164 e. The van der Waals surface area contributed by atoms with Gasteiger partial charge in [0.2, 0.25) is 0 Å². The van der Waals surface area contributed by atoms with Gasteiger partial charge in [-0.2, -0.15) is 0 Å². The molecule has 310 valence electrons. The summed E-state index contributed by atoms with van der Waals surface area (Å²) >= 11 is 0. The minimum absolute atomic E-state index is 0.406. The lowest BCUT2D eigenvalue weighted by molar-refractivity contribution is 0.794. The number of nitrogens with zero attached hydrogens (tertiary/aromatic N) is 3. The molecular formula is C64H39N3. The predicted molar refractivity (Wildman–Crippen MR) is 276 cm³/mol. The van der Waals surface area contributed by atoms with E-state index in [1.807, 2.05) is 60.7 Å². The Morgan fingerprint density at radius 1 is 0.224 bits per heavy atom. The molecule has 12 aromatic rings. The van der Waals surface area contributed by atoms with Crippen molar-refractivity contribution in [1.29, 1.82) is 0 Å². The van der Waals surface area contributed by atoms with Crippen molar-refractivity contribution < 1.29 is 0 Å². The van der Waals surface area contributed by atoms with Crippen LogP contribution in [0.4, 0.5) is 0 Å². The number of hydrogen-bond acceptors (Lipinski definition) is 3. The molecule has 0 amide bonds. The molecule has 0 aliphatic heterocycles. The Bertz CT molecular complexity index is 3850. The summed E-state index contributed by atoms with van der Waals surface area (Å²) in [6.07, 6.45) is 0. The lowest BCUT2D eigenvalue weighted by atomic mass is 9.70. The quantitative estimate of drug-likeness (QED) is 0.162. The average Bonchev–Trinajstić information content (AvgIpc) is 3.88. The Hall–Kier alpha value is -8.79. The van der Waals surface area contributed by atoms with E-state index in [1.54, 1.807) is 0 Å². The van der Waals surface area contributed by atoms with E-state index < -0.39 is 5.41 Å². The molecule has 0 unspecified atom stereocenters. The number of hydrogen-bond donors (Lipinski definition) is 0. The largest absolute Gasteiger partial charge is 0.208 e. The summed E-state index contributed by atoms with van der Waals surface area (Å²) < 4.78 is 0. The van der Waals surface area contributed by atoms with Crippen molar-refractivity contribution in [3.63, 3.8) is 0 Å². The highest BCUT2D eigenvalue weighted by molar-refractivity contribution is 6.29. The van der Waals surface area contributed by atoms with Gasteiger partial charge in [0.05, 0.1) is 5.41 Å². The van der Waals surface area contributed by atoms with Crippen LogP contribution in [0.25, 0.3) is 111 Å². The fourth-order valence-electron chi connectivity index (χ4n) is 11.4. The maximum Gasteiger partial charge on any atom is 0.164 e. The van der Waals surface area contributed by atoms with Gasteiger partial charge in [-0.25, -0.2) is 15.0 Å². The van der Waals surface area contributed by atoms with E-state index in [2.05, 4.69) is 176 Å². The molecule has 1 heterocycles. The van der Waals surface area contributed by atoms with Gasteiger partial charge in [-0.05, 0) is 111 Å². The molecule has 0 bridgehead atoms. The van der Waals surface area contributed by atoms with Gasteiger partial charge in [0.25, 0.3) is 0 Å². The number of aromatic nitrogens is 3. The Labute approximate surface area is 388 Å². The van der Waals surface area contributed by atoms with E-state index in [0.29, 0.717) is 17.5 Å². The van der Waals surface area contributed by atoms with Crippen LogP contribution in [0.15, 0.2) is 237 Å². The molecule has 1 spiro atoms. The molecule has 3 nitrogen and oxygen atoms in total. The van der Waals surface area contributed by atoms with Crippen LogP contribution in [0, 0.1) is 0 Å². The summed E-state index contributed by atoms with van der Waals surface area (Å²) in [7, 11) is 0. The van der Waals surface area contributed by atoms with Gasteiger partial charge in [0.15, 0.2) is 17.5 Å². The van der Waals surface area contributed by atoms with Crippen molar-refractivity contribution >= 4 is 32.3 Å². The highest BCUT2D eigenvalue weighted by Crippen LogP contribution is 2.63. The molecule has 0 saturated heterocycles. The topological polar surface area (TPSA) is 38.7 Å². The lowest BCUT2D eigenvalue weighted by Crippen LogP contribution is -2.25. The second-order valence-electron chi connectivity index (χ2n) is 17.8. The van der Waals surface area contributed by atoms with Crippen LogP contribution in [0.5, 0.6) is 0 Å². The van der Waals surface area contributed by atoms with Gasteiger partial charge in [-0.1, -0.05) is 224 Å². The summed E-state index contributed by atoms with van der Waals surface area (Å²) in [6, 6.07) is 86.1. The summed E-state index contributed by atoms with van der Waals surface area (Å²) in [5.74, 6) is 1.95. The van der Waals surface area contributed by atoms with Crippen LogP contribution < -0.4 is 0 Å². The van der Waals surface area contributed by atoms with Gasteiger partial charge in [-0.15, -0.1) is 0 Å². The molecule has 3 heteroatoms. The second kappa shape index (κ2) is 14.6. The van der Waals surface area contributed by atoms with E-state index in [1.165, 1.54) is 88.0 Å². The molecule has 67 heavy (non-hydrogen) atoms. The first-order chi connectivity index (χ1) is 33.2. The van der Waals surface area contributed by atoms with Gasteiger partial charge in [0.1, 0.15) is 0 Å². The van der Waals surface area contributed by atoms with E-state index >= 15 is 0 Å². The minimum Gasteiger partial charge on any atom is -0.208 e. The van der Waals surface area contributed by atoms with Crippen molar-refractivity contribution in [1.82, 2.24) is 15.0 Å². The first-order valence-electron chi connectivity index (χ1n) is 23.0. The van der Waals surface area contributed by atoms with Crippen LogP contribution in [-0.4, -0.2) is 15.0 Å². The lowest BCUT2D eigenvalue weighted by Gasteiger charge is -2.30. The van der Waals surface area contributed by atoms with Crippen molar-refractivity contribution in [2.45, 2.75) is 5.41 Å². The fraction of sp³-hybridized carbons (Fsp3) is 0.0156. The molecule has 0 atom stereocenters. The normalized spacial score (nSPS) is 12.9. The highest BCUT2D eigenvalue weighted by atomic mass is 15.0. The SMILES string of the molecule is c1ccc(-c2nc(-c3ccccc3)nc(-c3ccc(-c4ccc5c(c4)c4ccccc4c4cccc(-c6ccc7c(c6)C6(c8ccccc8-c8ccccc86)c6ccccc6-7)c45)cc3)n2)cc1. The van der Waals surface area contributed by atoms with Crippen LogP contribution in [0.3, 0.4) is 0 Å². The zero-order valence-electron chi connectivity index (χ0n) is 36.4. The van der Waals surface area contributed by atoms with Gasteiger partial charge < -0.3 is 0 Å². The van der Waals surface area contributed by atoms with Crippen LogP contribution >= 0.6 is 0 Å². The third-order valence-electron chi connectivity index (χ3n) is 14.3. The number of benzene rings is 11. The molecule has 11 aromatic carbocycles. The Morgan fingerprint density at radius 2 is 0.627 bits per heavy atom. The molecule has 1 aromatic heterocycles. The van der Waals surface area contributed by atoms with Crippen molar-refractivity contribution in [3.8, 4) is 78.7 Å². The monoisotopic (exact) mass is 849 g/mol. The first kappa shape index (κ1) is 37.6. The molecule has 0 saturated carbocycles. The summed E-state index contributed by atoms with van der Waals surface area (Å²) in [4.78, 5) is 14.9. The molecule has 14 rings (SSSR count). The van der Waals surface area contributed by atoms with Gasteiger partial charge >= 0.3 is 0 Å². The summed E-state index contributed by atoms with van der Waals surface area (Å²) in [6.45, 7) is 0. The third kappa shape index (κ3) is 5.55. The van der Waals surface area contributed by atoms with Crippen LogP contribution in [-0.2, 0) is 5.41 Å². The Morgan fingerprint density at radius 3 is 1.21 bits per heavy atom. The molecule has 2 aliphatic rings. The zero-order chi connectivity index (χ0) is 44.1. The standard InChI is InChI=1S/C64H39N3/c1-3-16-41(17-4-1)61-65-62(42-18-5-2-6-19-42)67-63(66-61)43-32-30-40(31-33-43)44-34-37-54-55(38-44)48-21-8-7-20-47(48)53-26-15-25-46(60(53)54)45-35-36-52-51-24-11-14-29-58(51)64(59(52)39-45)56-27-12-9-22-49(56)50-23-10-13-28-57(50)64/h1-39H. The molecule has 2 aliphatic carbocycles. The van der Waals surface area contributed by atoms with Gasteiger partial charge in [0, 0.05) is 16.7 Å². The third-order valence-corrected chi connectivity index (χ3v) is 14.3. The van der Waals surface area contributed by atoms with E-state index in [-0.39, 0.29) is 0 Å².